The molecule has 1 atom stereocenters. The molecule has 1 heterocycles. The molecular weight excluding hydrogens is 176 g/mol. The third kappa shape index (κ3) is 1.96. The fourth-order valence-electron chi connectivity index (χ4n) is 2.91. The smallest absolute Gasteiger partial charge is 0.168 e. The van der Waals surface area contributed by atoms with Crippen LogP contribution in [-0.4, -0.2) is 19.0 Å². The second-order valence-electron chi connectivity index (χ2n) is 5.67. The molecule has 2 nitrogen and oxygen atoms in total. The Hall–Kier alpha value is -0.0800. The van der Waals surface area contributed by atoms with Crippen LogP contribution in [0.2, 0.25) is 0 Å². The summed E-state index contributed by atoms with van der Waals surface area (Å²) in [7, 11) is 0. The van der Waals surface area contributed by atoms with Gasteiger partial charge in [0.25, 0.3) is 0 Å². The SMILES string of the molecule is CC1(C)CCCC(C2(C)OCCO2)C1. The predicted octanol–water partition coefficient (Wildman–Crippen LogP) is 2.97. The minimum absolute atomic E-state index is 0.280. The molecule has 2 fully saturated rings. The van der Waals surface area contributed by atoms with E-state index in [1.54, 1.807) is 0 Å². The molecular formula is C12H22O2. The van der Waals surface area contributed by atoms with Gasteiger partial charge in [0, 0.05) is 5.92 Å². The number of ether oxygens (including phenoxy) is 2. The molecule has 0 aromatic carbocycles. The van der Waals surface area contributed by atoms with Crippen LogP contribution in [-0.2, 0) is 9.47 Å². The average Bonchev–Trinajstić information content (AvgIpc) is 2.52. The molecule has 0 amide bonds. The van der Waals surface area contributed by atoms with Crippen LogP contribution in [0.25, 0.3) is 0 Å². The fourth-order valence-corrected chi connectivity index (χ4v) is 2.91. The van der Waals surface area contributed by atoms with Gasteiger partial charge in [0.15, 0.2) is 5.79 Å². The quantitative estimate of drug-likeness (QED) is 0.645. The zero-order chi connectivity index (χ0) is 10.2. The van der Waals surface area contributed by atoms with E-state index >= 15 is 0 Å². The molecule has 1 aliphatic carbocycles. The molecule has 0 aromatic rings. The normalized spacial score (nSPS) is 35.8. The van der Waals surface area contributed by atoms with Crippen molar-refractivity contribution in [2.45, 2.75) is 52.2 Å². The van der Waals surface area contributed by atoms with Gasteiger partial charge in [0.05, 0.1) is 13.2 Å². The Bertz CT molecular complexity index is 204. The number of hydrogen-bond donors (Lipinski definition) is 0. The average molecular weight is 198 g/mol. The molecule has 0 N–H and O–H groups in total. The van der Waals surface area contributed by atoms with Crippen LogP contribution in [0.4, 0.5) is 0 Å². The zero-order valence-corrected chi connectivity index (χ0v) is 9.64. The maximum atomic E-state index is 5.75. The Morgan fingerprint density at radius 2 is 1.71 bits per heavy atom. The van der Waals surface area contributed by atoms with Crippen molar-refractivity contribution in [3.63, 3.8) is 0 Å². The van der Waals surface area contributed by atoms with Crippen molar-refractivity contribution in [1.29, 1.82) is 0 Å². The second-order valence-corrected chi connectivity index (χ2v) is 5.67. The van der Waals surface area contributed by atoms with Gasteiger partial charge in [-0.2, -0.15) is 0 Å². The van der Waals surface area contributed by atoms with Gasteiger partial charge in [-0.3, -0.25) is 0 Å². The van der Waals surface area contributed by atoms with E-state index in [2.05, 4.69) is 20.8 Å². The van der Waals surface area contributed by atoms with Crippen LogP contribution in [0.1, 0.15) is 46.5 Å². The first kappa shape index (κ1) is 10.4. The van der Waals surface area contributed by atoms with Gasteiger partial charge in [0.1, 0.15) is 0 Å². The topological polar surface area (TPSA) is 18.5 Å². The Labute approximate surface area is 87.0 Å². The van der Waals surface area contributed by atoms with Crippen LogP contribution in [0.15, 0.2) is 0 Å². The van der Waals surface area contributed by atoms with E-state index in [-0.39, 0.29) is 5.79 Å². The van der Waals surface area contributed by atoms with Crippen LogP contribution in [0, 0.1) is 11.3 Å². The zero-order valence-electron chi connectivity index (χ0n) is 9.64. The molecule has 2 aliphatic rings. The van der Waals surface area contributed by atoms with Gasteiger partial charge in [-0.1, -0.05) is 20.3 Å². The monoisotopic (exact) mass is 198 g/mol. The lowest BCUT2D eigenvalue weighted by atomic mass is 9.70. The maximum Gasteiger partial charge on any atom is 0.168 e. The summed E-state index contributed by atoms with van der Waals surface area (Å²) >= 11 is 0. The van der Waals surface area contributed by atoms with Crippen molar-refractivity contribution >= 4 is 0 Å². The van der Waals surface area contributed by atoms with Crippen molar-refractivity contribution in [2.75, 3.05) is 13.2 Å². The van der Waals surface area contributed by atoms with Gasteiger partial charge in [-0.25, -0.2) is 0 Å². The van der Waals surface area contributed by atoms with E-state index in [1.807, 2.05) is 0 Å². The van der Waals surface area contributed by atoms with E-state index in [9.17, 15) is 0 Å². The van der Waals surface area contributed by atoms with E-state index in [0.29, 0.717) is 11.3 Å². The first-order valence-electron chi connectivity index (χ1n) is 5.80. The molecule has 0 bridgehead atoms. The molecule has 0 radical (unpaired) electrons. The first-order chi connectivity index (χ1) is 6.52. The highest BCUT2D eigenvalue weighted by Crippen LogP contribution is 2.45. The van der Waals surface area contributed by atoms with Crippen LogP contribution in [0.3, 0.4) is 0 Å². The molecule has 14 heavy (non-hydrogen) atoms. The molecule has 0 aromatic heterocycles. The summed E-state index contributed by atoms with van der Waals surface area (Å²) in [5.74, 6) is 0.311. The molecule has 82 valence electrons. The maximum absolute atomic E-state index is 5.75. The highest BCUT2D eigenvalue weighted by molar-refractivity contribution is 4.87. The highest BCUT2D eigenvalue weighted by atomic mass is 16.7. The Morgan fingerprint density at radius 1 is 1.07 bits per heavy atom. The largest absolute Gasteiger partial charge is 0.348 e. The standard InChI is InChI=1S/C12H22O2/c1-11(2)6-4-5-10(9-11)12(3)13-7-8-14-12/h10H,4-9H2,1-3H3. The summed E-state index contributed by atoms with van der Waals surface area (Å²) in [6.07, 6.45) is 5.17. The fraction of sp³-hybridized carbons (Fsp3) is 1.00. The Balaban J connectivity index is 2.03. The minimum Gasteiger partial charge on any atom is -0.348 e. The summed E-state index contributed by atoms with van der Waals surface area (Å²) in [6, 6.07) is 0. The van der Waals surface area contributed by atoms with Gasteiger partial charge in [0.2, 0.25) is 0 Å². The lowest BCUT2D eigenvalue weighted by Gasteiger charge is -2.41. The molecule has 1 unspecified atom stereocenters. The summed E-state index contributed by atoms with van der Waals surface area (Å²) in [6.45, 7) is 8.38. The minimum atomic E-state index is -0.280. The first-order valence-corrected chi connectivity index (χ1v) is 5.80. The van der Waals surface area contributed by atoms with Crippen molar-refractivity contribution in [3.8, 4) is 0 Å². The van der Waals surface area contributed by atoms with Gasteiger partial charge < -0.3 is 9.47 Å². The Kier molecular flexibility index (Phi) is 2.61. The predicted molar refractivity (Wildman–Crippen MR) is 56.0 cm³/mol. The third-order valence-electron chi connectivity index (χ3n) is 3.81. The van der Waals surface area contributed by atoms with Crippen LogP contribution in [0.5, 0.6) is 0 Å². The third-order valence-corrected chi connectivity index (χ3v) is 3.81. The lowest BCUT2D eigenvalue weighted by molar-refractivity contribution is -0.195. The molecule has 0 spiro atoms. The van der Waals surface area contributed by atoms with E-state index in [1.165, 1.54) is 25.7 Å². The highest BCUT2D eigenvalue weighted by Gasteiger charge is 2.43. The van der Waals surface area contributed by atoms with Crippen LogP contribution < -0.4 is 0 Å². The number of rotatable bonds is 1. The van der Waals surface area contributed by atoms with Gasteiger partial charge in [-0.15, -0.1) is 0 Å². The van der Waals surface area contributed by atoms with Crippen molar-refractivity contribution in [2.24, 2.45) is 11.3 Å². The van der Waals surface area contributed by atoms with Crippen molar-refractivity contribution < 1.29 is 9.47 Å². The van der Waals surface area contributed by atoms with E-state index < -0.39 is 0 Å². The van der Waals surface area contributed by atoms with E-state index in [4.69, 9.17) is 9.47 Å². The molecule has 1 aliphatic heterocycles. The van der Waals surface area contributed by atoms with E-state index in [0.717, 1.165) is 13.2 Å². The summed E-state index contributed by atoms with van der Waals surface area (Å²) in [5, 5.41) is 0. The van der Waals surface area contributed by atoms with Gasteiger partial charge in [-0.05, 0) is 31.6 Å². The van der Waals surface area contributed by atoms with Crippen molar-refractivity contribution in [1.82, 2.24) is 0 Å². The van der Waals surface area contributed by atoms with Gasteiger partial charge >= 0.3 is 0 Å². The molecule has 2 rings (SSSR count). The number of hydrogen-bond acceptors (Lipinski definition) is 2. The summed E-state index contributed by atoms with van der Waals surface area (Å²) < 4.78 is 11.5. The summed E-state index contributed by atoms with van der Waals surface area (Å²) in [5.41, 5.74) is 0.473. The van der Waals surface area contributed by atoms with Crippen LogP contribution >= 0.6 is 0 Å². The molecule has 1 saturated heterocycles. The molecule has 2 heteroatoms. The second kappa shape index (κ2) is 3.49. The summed E-state index contributed by atoms with van der Waals surface area (Å²) in [4.78, 5) is 0. The molecule has 1 saturated carbocycles. The lowest BCUT2D eigenvalue weighted by Crippen LogP contribution is -2.40. The van der Waals surface area contributed by atoms with Crippen molar-refractivity contribution in [3.05, 3.63) is 0 Å². The Morgan fingerprint density at radius 3 is 2.29 bits per heavy atom.